The average Bonchev–Trinajstić information content (AvgIpc) is 0.960. The highest BCUT2D eigenvalue weighted by molar-refractivity contribution is 7.04. The Hall–Kier alpha value is -14.1. The molecule has 1 aromatic heterocycles. The van der Waals surface area contributed by atoms with Crippen LogP contribution in [0.2, 0.25) is 0 Å². The molecule has 0 unspecified atom stereocenters. The predicted molar refractivity (Wildman–Crippen MR) is 510 cm³/mol. The Morgan fingerprint density at radius 3 is 1.01 bits per heavy atom. The van der Waals surface area contributed by atoms with Gasteiger partial charge < -0.3 is 43.6 Å². The summed E-state index contributed by atoms with van der Waals surface area (Å²) in [6.07, 6.45) is 0. The molecule has 574 valence electrons. The van der Waals surface area contributed by atoms with Gasteiger partial charge in [-0.3, -0.25) is 0 Å². The number of fused-ring (bicyclic) bond motifs is 15. The third-order valence-corrected chi connectivity index (χ3v) is 25.6. The smallest absolute Gasteiger partial charge is 0.256 e. The van der Waals surface area contributed by atoms with Gasteiger partial charge in [0.05, 0.1) is 22.4 Å². The highest BCUT2D eigenvalue weighted by Crippen LogP contribution is 2.54. The Morgan fingerprint density at radius 2 is 0.583 bits per heavy atom. The van der Waals surface area contributed by atoms with Crippen LogP contribution in [0.5, 0.6) is 11.5 Å². The summed E-state index contributed by atoms with van der Waals surface area (Å²) in [6, 6.07) is 136. The van der Waals surface area contributed by atoms with E-state index in [9.17, 15) is 0 Å². The van der Waals surface area contributed by atoms with Crippen molar-refractivity contribution in [2.75, 3.05) is 34.3 Å². The third kappa shape index (κ3) is 10.9. The van der Waals surface area contributed by atoms with Crippen LogP contribution in [0, 0.1) is 0 Å². The first-order valence-electron chi connectivity index (χ1n) is 42.2. The highest BCUT2D eigenvalue weighted by atomic mass is 16.5. The van der Waals surface area contributed by atoms with Gasteiger partial charge in [0.1, 0.15) is 11.5 Å². The summed E-state index contributed by atoms with van der Waals surface area (Å²) < 4.78 is 10.5. The van der Waals surface area contributed by atoms with Gasteiger partial charge in [-0.05, 0) is 274 Å². The zero-order valence-electron chi connectivity index (χ0n) is 68.9. The van der Waals surface area contributed by atoms with Crippen LogP contribution in [0.25, 0.3) is 38.6 Å². The van der Waals surface area contributed by atoms with Crippen molar-refractivity contribution in [3.05, 3.63) is 364 Å². The number of aromatic nitrogens is 1. The highest BCUT2D eigenvalue weighted by Gasteiger charge is 2.53. The van der Waals surface area contributed by atoms with Crippen molar-refractivity contribution >= 4 is 193 Å². The molecule has 0 radical (unpaired) electrons. The second-order valence-electron chi connectivity index (χ2n) is 35.9. The van der Waals surface area contributed by atoms with E-state index in [1.165, 1.54) is 82.6 Å². The minimum atomic E-state index is -0.477. The molecule has 0 amide bonds. The summed E-state index contributed by atoms with van der Waals surface area (Å²) in [5.41, 5.74) is 35.6. The maximum absolute atomic E-state index is 8.08. The lowest BCUT2D eigenvalue weighted by Gasteiger charge is -2.51. The molecule has 6 aliphatic rings. The number of ether oxygens (including phenoxy) is 1. The fraction of sp³-hybridized carbons (Fsp3) is 0.111. The first-order valence-corrected chi connectivity index (χ1v) is 42.2. The molecule has 120 heavy (non-hydrogen) atoms. The molecule has 0 atom stereocenters. The second kappa shape index (κ2) is 26.7. The Bertz CT molecular complexity index is 6870. The Balaban J connectivity index is 0.797. The van der Waals surface area contributed by atoms with Gasteiger partial charge >= 0.3 is 0 Å². The normalized spacial score (nSPS) is 13.8. The number of rotatable bonds is 10. The van der Waals surface area contributed by atoms with Crippen LogP contribution in [0.15, 0.2) is 364 Å². The van der Waals surface area contributed by atoms with Crippen LogP contribution < -0.4 is 88.2 Å². The van der Waals surface area contributed by atoms with Gasteiger partial charge in [-0.15, -0.1) is 0 Å². The van der Waals surface area contributed by atoms with Crippen LogP contribution in [0.3, 0.4) is 0 Å². The quantitative estimate of drug-likeness (QED) is 0.125. The number of para-hydroxylation sites is 10. The fourth-order valence-corrected chi connectivity index (χ4v) is 21.1. The summed E-state index contributed by atoms with van der Waals surface area (Å²) in [4.78, 5) is 18.0. The van der Waals surface area contributed by atoms with E-state index in [1.54, 1.807) is 0 Å². The van der Waals surface area contributed by atoms with Gasteiger partial charge in [0, 0.05) is 130 Å². The molecule has 0 aliphatic carbocycles. The van der Waals surface area contributed by atoms with Gasteiger partial charge in [0.15, 0.2) is 0 Å². The van der Waals surface area contributed by atoms with E-state index in [2.05, 4.69) is 465 Å². The molecule has 7 heterocycles. The average molecular weight is 1550 g/mol. The van der Waals surface area contributed by atoms with Crippen molar-refractivity contribution in [1.29, 1.82) is 0 Å². The molecule has 0 spiro atoms. The third-order valence-electron chi connectivity index (χ3n) is 25.6. The first-order chi connectivity index (χ1) is 58.5. The SMILES string of the molecule is CC(C)(C)N1c2cc3c(cc2B2c4cc5c(cc4Oc4cc(-c6ccc(-n7c8ccccc8c8ccccc87)cc6)cc1c42)N(C(C)(C)C)c1cc(N(c2ccccc2)c2ccccc2)cc2c1B5c1ccccc1N2c1ccccc1)B1c2ccccc2N(c2ccccc2)c2cc(N(c4ccccc4)c4ccccc4)cc(c21)N3C(C)(C)C. The monoisotopic (exact) mass is 1540 g/mol. The molecule has 6 aliphatic heterocycles. The predicted octanol–water partition coefficient (Wildman–Crippen LogP) is 22.4. The molecule has 0 fully saturated rings. The molecule has 0 saturated heterocycles. The van der Waals surface area contributed by atoms with E-state index in [0.29, 0.717) is 0 Å². The summed E-state index contributed by atoms with van der Waals surface area (Å²) >= 11 is 0. The standard InChI is InChI=1S/C108H87B3N8O/c1-106(2,3)117-94-68-93-85(109-83-50-30-34-54-91(83)115(76-44-24-14-25-45-76)96-62-79(64-99(103(96)109)118(93)107(4,5)6)112(72-36-16-10-17-37-72)73-38-18-11-19-39-73)66-86(94)111-88-67-87-95(69-101(88)120-102-61-71(60-98(117)105(102)111)70-56-58-78(59-57-70)114-89-52-32-28-48-81(89)82-49-29-33-53-90(82)114)119(108(7,8)9)100-65-80(113(74-40-20-12-21-41-74)75-42-22-13-23-43-75)63-97-104(100)110(87)84-51-31-35-55-92(84)116(97)77-46-26-15-27-47-77/h10-69H,1-9H3. The minimum Gasteiger partial charge on any atom is -0.458 e. The zero-order chi connectivity index (χ0) is 80.8. The van der Waals surface area contributed by atoms with Crippen LogP contribution in [0.1, 0.15) is 62.3 Å². The lowest BCUT2D eigenvalue weighted by Crippen LogP contribution is -2.68. The topological polar surface area (TPSA) is 36.8 Å². The van der Waals surface area contributed by atoms with Gasteiger partial charge in [-0.1, -0.05) is 206 Å². The number of anilines is 18. The van der Waals surface area contributed by atoms with E-state index >= 15 is 0 Å². The lowest BCUT2D eigenvalue weighted by atomic mass is 9.29. The lowest BCUT2D eigenvalue weighted by molar-refractivity contribution is 0.486. The van der Waals surface area contributed by atoms with E-state index in [0.717, 1.165) is 119 Å². The fourth-order valence-electron chi connectivity index (χ4n) is 21.1. The molecular weight excluding hydrogens is 1460 g/mol. The summed E-state index contributed by atoms with van der Waals surface area (Å²) in [6.45, 7) is 20.9. The van der Waals surface area contributed by atoms with Crippen LogP contribution in [-0.2, 0) is 0 Å². The first kappa shape index (κ1) is 71.3. The van der Waals surface area contributed by atoms with Gasteiger partial charge in [0.2, 0.25) is 0 Å². The largest absolute Gasteiger partial charge is 0.458 e. The maximum Gasteiger partial charge on any atom is 0.256 e. The minimum absolute atomic E-state index is 0.188. The van der Waals surface area contributed by atoms with Crippen molar-refractivity contribution in [2.24, 2.45) is 0 Å². The molecule has 16 aromatic carbocycles. The van der Waals surface area contributed by atoms with Gasteiger partial charge in [-0.2, -0.15) is 0 Å². The van der Waals surface area contributed by atoms with Crippen LogP contribution >= 0.6 is 0 Å². The van der Waals surface area contributed by atoms with Gasteiger partial charge in [-0.25, -0.2) is 0 Å². The molecule has 0 saturated carbocycles. The Kier molecular flexibility index (Phi) is 15.9. The zero-order valence-corrected chi connectivity index (χ0v) is 68.9. The number of benzene rings is 16. The molecular formula is C108H87B3N8O. The second-order valence-corrected chi connectivity index (χ2v) is 35.9. The molecule has 0 N–H and O–H groups in total. The molecule has 12 heteroatoms. The number of nitrogens with zero attached hydrogens (tertiary/aromatic N) is 8. The van der Waals surface area contributed by atoms with Crippen LogP contribution in [0.4, 0.5) is 102 Å². The maximum atomic E-state index is 8.08. The molecule has 23 rings (SSSR count). The number of hydrogen-bond acceptors (Lipinski definition) is 8. The van der Waals surface area contributed by atoms with E-state index < -0.39 is 16.6 Å². The molecule has 0 bridgehead atoms. The summed E-state index contributed by atoms with van der Waals surface area (Å²) in [5.74, 6) is 1.71. The Morgan fingerprint density at radius 1 is 0.233 bits per heavy atom. The van der Waals surface area contributed by atoms with E-state index in [4.69, 9.17) is 4.74 Å². The number of hydrogen-bond donors (Lipinski definition) is 0. The summed E-state index contributed by atoms with van der Waals surface area (Å²) in [7, 11) is 0. The van der Waals surface area contributed by atoms with E-state index in [1.807, 2.05) is 0 Å². The van der Waals surface area contributed by atoms with Crippen molar-refractivity contribution in [3.8, 4) is 28.3 Å². The van der Waals surface area contributed by atoms with Gasteiger partial charge in [0.25, 0.3) is 20.1 Å². The molecule has 17 aromatic rings. The van der Waals surface area contributed by atoms with Crippen molar-refractivity contribution in [1.82, 2.24) is 4.57 Å². The van der Waals surface area contributed by atoms with Crippen molar-refractivity contribution in [2.45, 2.75) is 78.9 Å². The van der Waals surface area contributed by atoms with Crippen molar-refractivity contribution < 1.29 is 4.74 Å². The van der Waals surface area contributed by atoms with Crippen LogP contribution in [-0.4, -0.2) is 41.3 Å². The molecule has 9 nitrogen and oxygen atoms in total. The summed E-state index contributed by atoms with van der Waals surface area (Å²) in [5, 5.41) is 2.48. The van der Waals surface area contributed by atoms with Crippen molar-refractivity contribution in [3.63, 3.8) is 0 Å². The van der Waals surface area contributed by atoms with E-state index in [-0.39, 0.29) is 20.1 Å². The Labute approximate surface area is 703 Å².